The highest BCUT2D eigenvalue weighted by molar-refractivity contribution is 8.15. The van der Waals surface area contributed by atoms with Gasteiger partial charge < -0.3 is 15.7 Å². The van der Waals surface area contributed by atoms with Gasteiger partial charge in [-0.05, 0) is 6.42 Å². The molecule has 0 aromatic carbocycles. The Hall–Kier alpha value is -1.06. The van der Waals surface area contributed by atoms with Gasteiger partial charge in [-0.15, -0.1) is 10.2 Å². The number of nitrogens with one attached hydrogen (secondary N) is 2. The molecule has 7 nitrogen and oxygen atoms in total. The highest BCUT2D eigenvalue weighted by Gasteiger charge is 2.29. The quantitative estimate of drug-likeness (QED) is 0.614. The Balaban J connectivity index is 1.95. The second kappa shape index (κ2) is 5.52. The standard InChI is InChI=1S/C8H10N4O3S2/c13-2-1-4-6(14)10-7(17-4)12-11-5-3-16-8(15)9-5/h4,13H,1-3H2,(H,9,11,15)(H,10,12,14). The Morgan fingerprint density at radius 1 is 1.35 bits per heavy atom. The van der Waals surface area contributed by atoms with Gasteiger partial charge in [0.05, 0.1) is 11.0 Å². The van der Waals surface area contributed by atoms with Crippen molar-refractivity contribution in [3.05, 3.63) is 0 Å². The lowest BCUT2D eigenvalue weighted by Crippen LogP contribution is -2.25. The van der Waals surface area contributed by atoms with Crippen LogP contribution in [-0.2, 0) is 4.79 Å². The number of nitrogens with zero attached hydrogens (tertiary/aromatic N) is 2. The van der Waals surface area contributed by atoms with Crippen LogP contribution in [0.5, 0.6) is 0 Å². The Kier molecular flexibility index (Phi) is 4.02. The van der Waals surface area contributed by atoms with Gasteiger partial charge in [-0.2, -0.15) is 0 Å². The Labute approximate surface area is 106 Å². The van der Waals surface area contributed by atoms with E-state index in [1.54, 1.807) is 0 Å². The van der Waals surface area contributed by atoms with E-state index in [2.05, 4.69) is 20.8 Å². The van der Waals surface area contributed by atoms with Crippen molar-refractivity contribution in [1.29, 1.82) is 0 Å². The summed E-state index contributed by atoms with van der Waals surface area (Å²) in [4.78, 5) is 22.2. The number of carbonyl (C=O) groups is 2. The summed E-state index contributed by atoms with van der Waals surface area (Å²) < 4.78 is 0. The number of carbonyl (C=O) groups excluding carboxylic acids is 2. The van der Waals surface area contributed by atoms with E-state index in [1.807, 2.05) is 0 Å². The van der Waals surface area contributed by atoms with Crippen molar-refractivity contribution in [3.63, 3.8) is 0 Å². The minimum Gasteiger partial charge on any atom is -0.396 e. The molecule has 0 aromatic rings. The van der Waals surface area contributed by atoms with E-state index in [0.717, 1.165) is 11.8 Å². The van der Waals surface area contributed by atoms with Crippen LogP contribution < -0.4 is 10.6 Å². The summed E-state index contributed by atoms with van der Waals surface area (Å²) in [5.74, 6) is 0.773. The number of rotatable bonds is 3. The normalized spacial score (nSPS) is 28.9. The van der Waals surface area contributed by atoms with Gasteiger partial charge in [0.15, 0.2) is 5.17 Å². The van der Waals surface area contributed by atoms with Crippen molar-refractivity contribution in [2.45, 2.75) is 11.7 Å². The number of hydrogen-bond acceptors (Lipinski definition) is 7. The van der Waals surface area contributed by atoms with Gasteiger partial charge in [0, 0.05) is 6.61 Å². The molecule has 0 radical (unpaired) electrons. The summed E-state index contributed by atoms with van der Waals surface area (Å²) >= 11 is 2.35. The smallest absolute Gasteiger partial charge is 0.284 e. The molecule has 2 saturated heterocycles. The maximum Gasteiger partial charge on any atom is 0.284 e. The van der Waals surface area contributed by atoms with E-state index in [-0.39, 0.29) is 23.0 Å². The van der Waals surface area contributed by atoms with Crippen LogP contribution in [0, 0.1) is 0 Å². The van der Waals surface area contributed by atoms with Crippen LogP contribution in [-0.4, -0.2) is 44.9 Å². The van der Waals surface area contributed by atoms with E-state index < -0.39 is 0 Å². The molecule has 2 heterocycles. The summed E-state index contributed by atoms with van der Waals surface area (Å²) in [7, 11) is 0. The van der Waals surface area contributed by atoms with Crippen molar-refractivity contribution < 1.29 is 14.7 Å². The lowest BCUT2D eigenvalue weighted by molar-refractivity contribution is -0.119. The molecule has 0 bridgehead atoms. The molecule has 1 unspecified atom stereocenters. The highest BCUT2D eigenvalue weighted by Crippen LogP contribution is 2.22. The SMILES string of the molecule is O=C1N/C(=N/N=C2\NC(=O)C(CCO)S2)CS1. The molecule has 1 atom stereocenters. The number of thioether (sulfide) groups is 2. The number of hydrogen-bond donors (Lipinski definition) is 3. The first kappa shape index (κ1) is 12.4. The van der Waals surface area contributed by atoms with Crippen LogP contribution in [0.2, 0.25) is 0 Å². The number of aliphatic hydroxyl groups excluding tert-OH is 1. The maximum absolute atomic E-state index is 11.4. The molecule has 2 amide bonds. The Morgan fingerprint density at radius 2 is 2.18 bits per heavy atom. The van der Waals surface area contributed by atoms with Crippen molar-refractivity contribution >= 4 is 45.7 Å². The van der Waals surface area contributed by atoms with E-state index >= 15 is 0 Å². The summed E-state index contributed by atoms with van der Waals surface area (Å²) in [6.07, 6.45) is 0.388. The van der Waals surface area contributed by atoms with Crippen LogP contribution in [0.4, 0.5) is 4.79 Å². The number of amidine groups is 2. The summed E-state index contributed by atoms with van der Waals surface area (Å²) in [6.45, 7) is -0.0421. The molecule has 0 spiro atoms. The van der Waals surface area contributed by atoms with Crippen LogP contribution in [0.15, 0.2) is 10.2 Å². The summed E-state index contributed by atoms with van der Waals surface area (Å²) in [5, 5.41) is 21.5. The van der Waals surface area contributed by atoms with E-state index in [1.165, 1.54) is 11.8 Å². The molecule has 17 heavy (non-hydrogen) atoms. The van der Waals surface area contributed by atoms with E-state index in [9.17, 15) is 9.59 Å². The van der Waals surface area contributed by atoms with Crippen molar-refractivity contribution in [1.82, 2.24) is 10.6 Å². The topological polar surface area (TPSA) is 103 Å². The van der Waals surface area contributed by atoms with Crippen LogP contribution in [0.25, 0.3) is 0 Å². The Morgan fingerprint density at radius 3 is 2.82 bits per heavy atom. The number of aliphatic hydroxyl groups is 1. The fraction of sp³-hybridized carbons (Fsp3) is 0.500. The minimum atomic E-state index is -0.313. The van der Waals surface area contributed by atoms with Gasteiger partial charge in [0.1, 0.15) is 5.84 Å². The van der Waals surface area contributed by atoms with E-state index in [0.29, 0.717) is 23.2 Å². The van der Waals surface area contributed by atoms with Crippen molar-refractivity contribution in [3.8, 4) is 0 Å². The first-order valence-corrected chi connectivity index (χ1v) is 6.72. The third-order valence-corrected chi connectivity index (χ3v) is 3.94. The van der Waals surface area contributed by atoms with Gasteiger partial charge in [-0.1, -0.05) is 23.5 Å². The fourth-order valence-corrected chi connectivity index (χ4v) is 2.74. The highest BCUT2D eigenvalue weighted by atomic mass is 32.2. The van der Waals surface area contributed by atoms with Crippen LogP contribution in [0.3, 0.4) is 0 Å². The molecule has 0 aromatic heterocycles. The lowest BCUT2D eigenvalue weighted by atomic mass is 10.3. The average Bonchev–Trinajstić information content (AvgIpc) is 2.84. The molecule has 2 aliphatic rings. The zero-order valence-corrected chi connectivity index (χ0v) is 10.3. The largest absolute Gasteiger partial charge is 0.396 e. The molecule has 92 valence electrons. The van der Waals surface area contributed by atoms with Crippen LogP contribution >= 0.6 is 23.5 Å². The molecular formula is C8H10N4O3S2. The summed E-state index contributed by atoms with van der Waals surface area (Å²) in [6, 6.07) is 0. The van der Waals surface area contributed by atoms with Gasteiger partial charge >= 0.3 is 0 Å². The first-order valence-electron chi connectivity index (χ1n) is 4.85. The molecule has 0 saturated carbocycles. The minimum absolute atomic E-state index is 0.0421. The average molecular weight is 274 g/mol. The summed E-state index contributed by atoms with van der Waals surface area (Å²) in [5.41, 5.74) is 0. The van der Waals surface area contributed by atoms with Crippen LogP contribution in [0.1, 0.15) is 6.42 Å². The third kappa shape index (κ3) is 3.20. The lowest BCUT2D eigenvalue weighted by Gasteiger charge is -1.99. The van der Waals surface area contributed by atoms with Gasteiger partial charge in [0.25, 0.3) is 5.24 Å². The zero-order valence-electron chi connectivity index (χ0n) is 8.67. The fourth-order valence-electron chi connectivity index (χ4n) is 1.24. The molecule has 9 heteroatoms. The number of amides is 2. The molecule has 2 aliphatic heterocycles. The predicted octanol–water partition coefficient (Wildman–Crippen LogP) is -0.274. The van der Waals surface area contributed by atoms with Crippen molar-refractivity contribution in [2.24, 2.45) is 10.2 Å². The van der Waals surface area contributed by atoms with Gasteiger partial charge in [-0.25, -0.2) is 0 Å². The zero-order chi connectivity index (χ0) is 12.3. The molecule has 0 aliphatic carbocycles. The second-order valence-corrected chi connectivity index (χ2v) is 5.40. The van der Waals surface area contributed by atoms with Crippen molar-refractivity contribution in [2.75, 3.05) is 12.4 Å². The molecule has 3 N–H and O–H groups in total. The first-order chi connectivity index (χ1) is 8.19. The van der Waals surface area contributed by atoms with Gasteiger partial charge in [-0.3, -0.25) is 9.59 Å². The molecular weight excluding hydrogens is 264 g/mol. The predicted molar refractivity (Wildman–Crippen MR) is 67.1 cm³/mol. The maximum atomic E-state index is 11.4. The Bertz CT molecular complexity index is 410. The van der Waals surface area contributed by atoms with E-state index in [4.69, 9.17) is 5.11 Å². The third-order valence-electron chi connectivity index (χ3n) is 2.02. The monoisotopic (exact) mass is 274 g/mol. The molecule has 2 fully saturated rings. The molecule has 2 rings (SSSR count). The second-order valence-electron chi connectivity index (χ2n) is 3.26. The van der Waals surface area contributed by atoms with Gasteiger partial charge in [0.2, 0.25) is 5.91 Å².